The molecule has 0 spiro atoms. The molecule has 0 aromatic heterocycles. The molecule has 4 heteroatoms. The van der Waals surface area contributed by atoms with Crippen molar-refractivity contribution in [3.05, 3.63) is 30.3 Å². The minimum atomic E-state index is 0.0968. The molecular formula is C13H18BrNOS. The first-order valence-corrected chi connectivity index (χ1v) is 7.59. The zero-order valence-corrected chi connectivity index (χ0v) is 12.6. The molecule has 2 atom stereocenters. The smallest absolute Gasteiger partial charge is 0.230 e. The molecular weight excluding hydrogens is 298 g/mol. The van der Waals surface area contributed by atoms with Gasteiger partial charge in [-0.1, -0.05) is 41.1 Å². The molecule has 2 nitrogen and oxygen atoms in total. The fourth-order valence-corrected chi connectivity index (χ4v) is 2.82. The largest absolute Gasteiger partial charge is 0.353 e. The van der Waals surface area contributed by atoms with Crippen LogP contribution >= 0.6 is 27.7 Å². The SMILES string of the molecule is CC(Br)CC(C)NC(=O)CSc1ccccc1. The second-order valence-corrected chi connectivity index (χ2v) is 6.70. The van der Waals surface area contributed by atoms with Gasteiger partial charge in [-0.25, -0.2) is 0 Å². The molecule has 0 bridgehead atoms. The van der Waals surface area contributed by atoms with Crippen molar-refractivity contribution < 1.29 is 4.79 Å². The number of thioether (sulfide) groups is 1. The summed E-state index contributed by atoms with van der Waals surface area (Å²) in [5.41, 5.74) is 0. The van der Waals surface area contributed by atoms with E-state index in [9.17, 15) is 4.79 Å². The van der Waals surface area contributed by atoms with Gasteiger partial charge in [-0.15, -0.1) is 11.8 Å². The van der Waals surface area contributed by atoms with E-state index in [1.807, 2.05) is 37.3 Å². The summed E-state index contributed by atoms with van der Waals surface area (Å²) in [6.45, 7) is 4.12. The van der Waals surface area contributed by atoms with Crippen LogP contribution in [-0.2, 0) is 4.79 Å². The van der Waals surface area contributed by atoms with Crippen LogP contribution in [0.2, 0.25) is 0 Å². The van der Waals surface area contributed by atoms with Crippen LogP contribution in [0.4, 0.5) is 0 Å². The molecule has 1 aromatic rings. The maximum atomic E-state index is 11.7. The Morgan fingerprint density at radius 2 is 2.00 bits per heavy atom. The number of hydrogen-bond acceptors (Lipinski definition) is 2. The fraction of sp³-hybridized carbons (Fsp3) is 0.462. The number of amides is 1. The monoisotopic (exact) mass is 315 g/mol. The van der Waals surface area contributed by atoms with Gasteiger partial charge in [0, 0.05) is 15.8 Å². The summed E-state index contributed by atoms with van der Waals surface area (Å²) < 4.78 is 0. The average molecular weight is 316 g/mol. The molecule has 0 aliphatic heterocycles. The standard InChI is InChI=1S/C13H18BrNOS/c1-10(14)8-11(2)15-13(16)9-17-12-6-4-3-5-7-12/h3-7,10-11H,8-9H2,1-2H3,(H,15,16). The highest BCUT2D eigenvalue weighted by molar-refractivity contribution is 9.09. The van der Waals surface area contributed by atoms with E-state index in [1.165, 1.54) is 0 Å². The molecule has 1 rings (SSSR count). The van der Waals surface area contributed by atoms with Crippen molar-refractivity contribution >= 4 is 33.6 Å². The normalized spacial score (nSPS) is 14.1. The first kappa shape index (κ1) is 14.6. The number of benzene rings is 1. The highest BCUT2D eigenvalue weighted by Crippen LogP contribution is 2.16. The van der Waals surface area contributed by atoms with Crippen molar-refractivity contribution in [1.82, 2.24) is 5.32 Å². The van der Waals surface area contributed by atoms with E-state index >= 15 is 0 Å². The minimum Gasteiger partial charge on any atom is -0.353 e. The van der Waals surface area contributed by atoms with Crippen LogP contribution in [0.1, 0.15) is 20.3 Å². The maximum absolute atomic E-state index is 11.7. The number of nitrogens with one attached hydrogen (secondary N) is 1. The van der Waals surface area contributed by atoms with Gasteiger partial charge in [-0.2, -0.15) is 0 Å². The Morgan fingerprint density at radius 1 is 1.35 bits per heavy atom. The Bertz CT molecular complexity index is 343. The van der Waals surface area contributed by atoms with Crippen molar-refractivity contribution in [2.45, 2.75) is 36.0 Å². The van der Waals surface area contributed by atoms with Gasteiger partial charge in [0.2, 0.25) is 5.91 Å². The third-order valence-corrected chi connectivity index (χ3v) is 3.58. The molecule has 94 valence electrons. The number of hydrogen-bond donors (Lipinski definition) is 1. The van der Waals surface area contributed by atoms with Gasteiger partial charge in [-0.05, 0) is 25.5 Å². The van der Waals surface area contributed by atoms with E-state index in [1.54, 1.807) is 11.8 Å². The number of carbonyl (C=O) groups excluding carboxylic acids is 1. The molecule has 0 heterocycles. The van der Waals surface area contributed by atoms with E-state index in [0.717, 1.165) is 11.3 Å². The highest BCUT2D eigenvalue weighted by atomic mass is 79.9. The molecule has 0 aliphatic rings. The molecule has 2 unspecified atom stereocenters. The molecule has 0 saturated heterocycles. The molecule has 1 amide bonds. The van der Waals surface area contributed by atoms with Crippen molar-refractivity contribution in [2.24, 2.45) is 0 Å². The van der Waals surface area contributed by atoms with E-state index in [0.29, 0.717) is 10.6 Å². The summed E-state index contributed by atoms with van der Waals surface area (Å²) >= 11 is 5.05. The summed E-state index contributed by atoms with van der Waals surface area (Å²) in [6.07, 6.45) is 0.946. The first-order valence-electron chi connectivity index (χ1n) is 5.69. The van der Waals surface area contributed by atoms with E-state index in [4.69, 9.17) is 0 Å². The summed E-state index contributed by atoms with van der Waals surface area (Å²) in [7, 11) is 0. The first-order chi connectivity index (χ1) is 8.08. The van der Waals surface area contributed by atoms with E-state index < -0.39 is 0 Å². The number of rotatable bonds is 6. The lowest BCUT2D eigenvalue weighted by molar-refractivity contribution is -0.119. The predicted octanol–water partition coefficient (Wildman–Crippen LogP) is 3.46. The Hall–Kier alpha value is -0.480. The zero-order valence-electron chi connectivity index (χ0n) is 10.2. The van der Waals surface area contributed by atoms with Crippen LogP contribution < -0.4 is 5.32 Å². The minimum absolute atomic E-state index is 0.0968. The summed E-state index contributed by atoms with van der Waals surface area (Å²) in [5.74, 6) is 0.574. The second-order valence-electron chi connectivity index (χ2n) is 4.09. The quantitative estimate of drug-likeness (QED) is 0.643. The second kappa shape index (κ2) is 7.77. The van der Waals surface area contributed by atoms with Crippen molar-refractivity contribution in [2.75, 3.05) is 5.75 Å². The van der Waals surface area contributed by atoms with Gasteiger partial charge < -0.3 is 5.32 Å². The number of carbonyl (C=O) groups is 1. The highest BCUT2D eigenvalue weighted by Gasteiger charge is 2.09. The maximum Gasteiger partial charge on any atom is 0.230 e. The van der Waals surface area contributed by atoms with Gasteiger partial charge in [0.05, 0.1) is 5.75 Å². The van der Waals surface area contributed by atoms with Crippen LogP contribution in [0.5, 0.6) is 0 Å². The van der Waals surface area contributed by atoms with Crippen LogP contribution in [0.15, 0.2) is 35.2 Å². The topological polar surface area (TPSA) is 29.1 Å². The Morgan fingerprint density at radius 3 is 2.59 bits per heavy atom. The molecule has 17 heavy (non-hydrogen) atoms. The average Bonchev–Trinajstić information content (AvgIpc) is 2.26. The third-order valence-electron chi connectivity index (χ3n) is 2.20. The number of alkyl halides is 1. The van der Waals surface area contributed by atoms with Gasteiger partial charge in [-0.3, -0.25) is 4.79 Å². The lowest BCUT2D eigenvalue weighted by Crippen LogP contribution is -2.35. The number of halogens is 1. The van der Waals surface area contributed by atoms with Crippen molar-refractivity contribution in [3.63, 3.8) is 0 Å². The van der Waals surface area contributed by atoms with Crippen LogP contribution in [0.3, 0.4) is 0 Å². The fourth-order valence-electron chi connectivity index (χ4n) is 1.53. The van der Waals surface area contributed by atoms with Gasteiger partial charge >= 0.3 is 0 Å². The lowest BCUT2D eigenvalue weighted by atomic mass is 10.2. The van der Waals surface area contributed by atoms with Crippen molar-refractivity contribution in [1.29, 1.82) is 0 Å². The van der Waals surface area contributed by atoms with E-state index in [2.05, 4.69) is 28.2 Å². The van der Waals surface area contributed by atoms with E-state index in [-0.39, 0.29) is 11.9 Å². The van der Waals surface area contributed by atoms with Crippen LogP contribution in [-0.4, -0.2) is 22.5 Å². The van der Waals surface area contributed by atoms with Gasteiger partial charge in [0.1, 0.15) is 0 Å². The summed E-state index contributed by atoms with van der Waals surface area (Å²) in [6, 6.07) is 10.2. The van der Waals surface area contributed by atoms with Gasteiger partial charge in [0.15, 0.2) is 0 Å². The summed E-state index contributed by atoms with van der Waals surface area (Å²) in [4.78, 5) is 13.2. The molecule has 0 saturated carbocycles. The molecule has 1 N–H and O–H groups in total. The Labute approximate surface area is 116 Å². The third kappa shape index (κ3) is 6.74. The zero-order chi connectivity index (χ0) is 12.7. The molecule has 1 aromatic carbocycles. The predicted molar refractivity (Wildman–Crippen MR) is 77.8 cm³/mol. The molecule has 0 radical (unpaired) electrons. The Kier molecular flexibility index (Phi) is 6.66. The Balaban J connectivity index is 2.26. The summed E-state index contributed by atoms with van der Waals surface area (Å²) in [5, 5.41) is 2.99. The van der Waals surface area contributed by atoms with Crippen molar-refractivity contribution in [3.8, 4) is 0 Å². The lowest BCUT2D eigenvalue weighted by Gasteiger charge is -2.14. The van der Waals surface area contributed by atoms with Gasteiger partial charge in [0.25, 0.3) is 0 Å². The molecule has 0 fully saturated rings. The van der Waals surface area contributed by atoms with Crippen LogP contribution in [0, 0.1) is 0 Å². The molecule has 0 aliphatic carbocycles. The van der Waals surface area contributed by atoms with Crippen LogP contribution in [0.25, 0.3) is 0 Å².